The molecule has 5 nitrogen and oxygen atoms in total. The number of nitrogens with zero attached hydrogens (tertiary/aromatic N) is 3. The van der Waals surface area contributed by atoms with Gasteiger partial charge in [-0.25, -0.2) is 18.7 Å². The van der Waals surface area contributed by atoms with Crippen molar-refractivity contribution < 1.29 is 8.78 Å². The second kappa shape index (κ2) is 9.23. The van der Waals surface area contributed by atoms with Crippen molar-refractivity contribution in [2.75, 3.05) is 37.8 Å². The minimum atomic E-state index is -0.680. The molecule has 0 amide bonds. The van der Waals surface area contributed by atoms with Gasteiger partial charge in [-0.05, 0) is 39.2 Å². The van der Waals surface area contributed by atoms with Crippen LogP contribution in [0, 0.1) is 11.6 Å². The van der Waals surface area contributed by atoms with Crippen LogP contribution in [-0.4, -0.2) is 42.1 Å². The number of nitrogens with one attached hydrogen (secondary N) is 2. The largest absolute Gasteiger partial charge is 0.370 e. The van der Waals surface area contributed by atoms with E-state index in [1.807, 2.05) is 44.4 Å². The number of halogens is 2. The lowest BCUT2D eigenvalue weighted by Gasteiger charge is -2.13. The Labute approximate surface area is 163 Å². The first-order valence-corrected chi connectivity index (χ1v) is 9.06. The highest BCUT2D eigenvalue weighted by atomic mass is 19.1. The zero-order chi connectivity index (χ0) is 19.9. The van der Waals surface area contributed by atoms with Crippen LogP contribution >= 0.6 is 0 Å². The number of benzene rings is 2. The van der Waals surface area contributed by atoms with E-state index in [-0.39, 0.29) is 5.69 Å². The van der Waals surface area contributed by atoms with Gasteiger partial charge in [-0.2, -0.15) is 0 Å². The predicted octanol–water partition coefficient (Wildman–Crippen LogP) is 4.53. The smallest absolute Gasteiger partial charge is 0.163 e. The van der Waals surface area contributed by atoms with Crippen LogP contribution in [0.25, 0.3) is 11.4 Å². The van der Waals surface area contributed by atoms with Gasteiger partial charge in [0.25, 0.3) is 0 Å². The maximum atomic E-state index is 14.0. The number of hydrogen-bond acceptors (Lipinski definition) is 5. The Hall–Kier alpha value is -3.06. The summed E-state index contributed by atoms with van der Waals surface area (Å²) in [5.74, 6) is 0.273. The highest BCUT2D eigenvalue weighted by molar-refractivity contribution is 5.65. The van der Waals surface area contributed by atoms with Crippen LogP contribution in [0.15, 0.2) is 54.6 Å². The first-order valence-electron chi connectivity index (χ1n) is 9.06. The van der Waals surface area contributed by atoms with E-state index in [0.717, 1.165) is 31.1 Å². The Bertz CT molecular complexity index is 916. The molecule has 3 rings (SSSR count). The summed E-state index contributed by atoms with van der Waals surface area (Å²) in [6.45, 7) is 1.70. The molecule has 0 saturated carbocycles. The third-order valence-corrected chi connectivity index (χ3v) is 4.04. The topological polar surface area (TPSA) is 53.1 Å². The molecule has 28 heavy (non-hydrogen) atoms. The van der Waals surface area contributed by atoms with Gasteiger partial charge in [0.1, 0.15) is 23.3 Å². The van der Waals surface area contributed by atoms with Crippen LogP contribution in [0.5, 0.6) is 0 Å². The molecule has 0 unspecified atom stereocenters. The molecule has 0 aliphatic carbocycles. The summed E-state index contributed by atoms with van der Waals surface area (Å²) in [5, 5.41) is 6.21. The van der Waals surface area contributed by atoms with Crippen molar-refractivity contribution in [2.45, 2.75) is 6.42 Å². The maximum absolute atomic E-state index is 14.0. The summed E-state index contributed by atoms with van der Waals surface area (Å²) >= 11 is 0. The summed E-state index contributed by atoms with van der Waals surface area (Å²) in [4.78, 5) is 11.2. The lowest BCUT2D eigenvalue weighted by molar-refractivity contribution is 0.405. The molecule has 0 saturated heterocycles. The first-order chi connectivity index (χ1) is 13.5. The zero-order valence-electron chi connectivity index (χ0n) is 15.9. The summed E-state index contributed by atoms with van der Waals surface area (Å²) in [6, 6.07) is 14.6. The average molecular weight is 383 g/mol. The zero-order valence-corrected chi connectivity index (χ0v) is 15.9. The van der Waals surface area contributed by atoms with Gasteiger partial charge in [-0.3, -0.25) is 0 Å². The molecule has 2 N–H and O–H groups in total. The molecular weight excluding hydrogens is 360 g/mol. The molecule has 0 spiro atoms. The minimum absolute atomic E-state index is 0.151. The quantitative estimate of drug-likeness (QED) is 0.560. The molecule has 1 aromatic heterocycles. The van der Waals surface area contributed by atoms with Gasteiger partial charge in [0, 0.05) is 24.2 Å². The fourth-order valence-electron chi connectivity index (χ4n) is 2.66. The van der Waals surface area contributed by atoms with E-state index < -0.39 is 11.6 Å². The highest BCUT2D eigenvalue weighted by Gasteiger charge is 2.10. The molecule has 1 heterocycles. The fraction of sp³-hybridized carbons (Fsp3) is 0.238. The predicted molar refractivity (Wildman–Crippen MR) is 109 cm³/mol. The molecule has 0 aliphatic heterocycles. The average Bonchev–Trinajstić information content (AvgIpc) is 2.68. The van der Waals surface area contributed by atoms with Gasteiger partial charge in [-0.1, -0.05) is 30.3 Å². The van der Waals surface area contributed by atoms with Crippen molar-refractivity contribution in [3.8, 4) is 11.4 Å². The van der Waals surface area contributed by atoms with Gasteiger partial charge in [-0.15, -0.1) is 0 Å². The minimum Gasteiger partial charge on any atom is -0.370 e. The molecule has 0 atom stereocenters. The fourth-order valence-corrected chi connectivity index (χ4v) is 2.66. The van der Waals surface area contributed by atoms with Crippen molar-refractivity contribution in [1.29, 1.82) is 0 Å². The van der Waals surface area contributed by atoms with Crippen molar-refractivity contribution in [1.82, 2.24) is 14.9 Å². The molecule has 0 fully saturated rings. The lowest BCUT2D eigenvalue weighted by Crippen LogP contribution is -2.16. The van der Waals surface area contributed by atoms with E-state index in [9.17, 15) is 8.78 Å². The molecule has 3 aromatic rings. The first kappa shape index (κ1) is 19.7. The van der Waals surface area contributed by atoms with Crippen molar-refractivity contribution >= 4 is 17.3 Å². The van der Waals surface area contributed by atoms with E-state index in [1.165, 1.54) is 12.1 Å². The van der Waals surface area contributed by atoms with Crippen molar-refractivity contribution in [3.05, 3.63) is 66.2 Å². The second-order valence-electron chi connectivity index (χ2n) is 6.66. The molecule has 2 aromatic carbocycles. The summed E-state index contributed by atoms with van der Waals surface area (Å²) in [6.07, 6.45) is 0.951. The Balaban J connectivity index is 1.86. The van der Waals surface area contributed by atoms with E-state index in [1.54, 1.807) is 6.07 Å². The molecule has 0 aliphatic rings. The van der Waals surface area contributed by atoms with Gasteiger partial charge < -0.3 is 15.5 Å². The normalized spacial score (nSPS) is 10.9. The van der Waals surface area contributed by atoms with Gasteiger partial charge in [0.05, 0.1) is 5.69 Å². The van der Waals surface area contributed by atoms with E-state index in [2.05, 4.69) is 25.5 Å². The number of rotatable bonds is 8. The maximum Gasteiger partial charge on any atom is 0.163 e. The third kappa shape index (κ3) is 5.47. The van der Waals surface area contributed by atoms with Gasteiger partial charge in [0.2, 0.25) is 0 Å². The highest BCUT2D eigenvalue weighted by Crippen LogP contribution is 2.24. The number of hydrogen-bond donors (Lipinski definition) is 2. The van der Waals surface area contributed by atoms with Gasteiger partial charge in [0.15, 0.2) is 5.82 Å². The van der Waals surface area contributed by atoms with Crippen LogP contribution in [-0.2, 0) is 0 Å². The molecule has 0 radical (unpaired) electrons. The molecule has 0 bridgehead atoms. The SMILES string of the molecule is CN(C)CCCNc1cc(Nc2ccc(F)cc2F)nc(-c2ccccc2)n1. The third-order valence-electron chi connectivity index (χ3n) is 4.04. The molecule has 146 valence electrons. The molecule has 7 heteroatoms. The van der Waals surface area contributed by atoms with E-state index in [4.69, 9.17) is 0 Å². The second-order valence-corrected chi connectivity index (χ2v) is 6.66. The van der Waals surface area contributed by atoms with Crippen LogP contribution in [0.1, 0.15) is 6.42 Å². The lowest BCUT2D eigenvalue weighted by atomic mass is 10.2. The number of anilines is 3. The van der Waals surface area contributed by atoms with Crippen LogP contribution in [0.2, 0.25) is 0 Å². The summed E-state index contributed by atoms with van der Waals surface area (Å²) < 4.78 is 27.2. The molecular formula is C21H23F2N5. The van der Waals surface area contributed by atoms with Crippen LogP contribution in [0.3, 0.4) is 0 Å². The van der Waals surface area contributed by atoms with Crippen LogP contribution < -0.4 is 10.6 Å². The summed E-state index contributed by atoms with van der Waals surface area (Å²) in [5.41, 5.74) is 1.000. The number of aromatic nitrogens is 2. The summed E-state index contributed by atoms with van der Waals surface area (Å²) in [7, 11) is 4.05. The Kier molecular flexibility index (Phi) is 6.49. The Morgan fingerprint density at radius 1 is 0.929 bits per heavy atom. The monoisotopic (exact) mass is 383 g/mol. The Morgan fingerprint density at radius 3 is 2.39 bits per heavy atom. The van der Waals surface area contributed by atoms with Crippen molar-refractivity contribution in [2.24, 2.45) is 0 Å². The van der Waals surface area contributed by atoms with E-state index >= 15 is 0 Å². The standard InChI is InChI=1S/C21H23F2N5/c1-28(2)12-6-11-24-19-14-20(25-18-10-9-16(22)13-17(18)23)27-21(26-19)15-7-4-3-5-8-15/h3-5,7-10,13-14H,6,11-12H2,1-2H3,(H2,24,25,26,27). The van der Waals surface area contributed by atoms with Crippen LogP contribution in [0.4, 0.5) is 26.1 Å². The van der Waals surface area contributed by atoms with Crippen molar-refractivity contribution in [3.63, 3.8) is 0 Å². The van der Waals surface area contributed by atoms with E-state index in [0.29, 0.717) is 17.5 Å². The Morgan fingerprint density at radius 2 is 1.68 bits per heavy atom. The van der Waals surface area contributed by atoms with Gasteiger partial charge >= 0.3 is 0 Å².